The molecule has 0 saturated carbocycles. The molecular weight excluding hydrogens is 296 g/mol. The van der Waals surface area contributed by atoms with Crippen LogP contribution < -0.4 is 21.9 Å². The number of urea groups is 1. The Morgan fingerprint density at radius 1 is 0.762 bits per heavy atom. The highest BCUT2D eigenvalue weighted by Crippen LogP contribution is 2.10. The number of H-pyrrole nitrogens is 2. The fourth-order valence-corrected chi connectivity index (χ4v) is 0.922. The van der Waals surface area contributed by atoms with Gasteiger partial charge in [0.1, 0.15) is 0 Å². The SMILES string of the molecule is O.O=C1NC(=O)C(=O)C(=O)N1.O=c1[nH]c(O)c(O)c(=O)[nH]1. The van der Waals surface area contributed by atoms with Gasteiger partial charge in [-0.2, -0.15) is 0 Å². The first kappa shape index (κ1) is 17.5. The van der Waals surface area contributed by atoms with Crippen molar-refractivity contribution >= 4 is 23.6 Å². The molecule has 0 unspecified atom stereocenters. The highest BCUT2D eigenvalue weighted by molar-refractivity contribution is 6.66. The van der Waals surface area contributed by atoms with Gasteiger partial charge in [0.2, 0.25) is 11.6 Å². The third-order valence-electron chi connectivity index (χ3n) is 1.76. The van der Waals surface area contributed by atoms with Crippen LogP contribution in [0.25, 0.3) is 0 Å². The zero-order valence-corrected chi connectivity index (χ0v) is 9.84. The lowest BCUT2D eigenvalue weighted by Crippen LogP contribution is -2.56. The summed E-state index contributed by atoms with van der Waals surface area (Å²) in [5.74, 6) is -5.34. The Kier molecular flexibility index (Phi) is 5.52. The first-order valence-corrected chi connectivity index (χ1v) is 4.67. The minimum absolute atomic E-state index is 0. The van der Waals surface area contributed by atoms with E-state index < -0.39 is 46.5 Å². The smallest absolute Gasteiger partial charge is 0.328 e. The zero-order chi connectivity index (χ0) is 15.4. The summed E-state index contributed by atoms with van der Waals surface area (Å²) in [7, 11) is 0. The summed E-state index contributed by atoms with van der Waals surface area (Å²) in [5.41, 5.74) is -1.87. The fourth-order valence-electron chi connectivity index (χ4n) is 0.922. The summed E-state index contributed by atoms with van der Waals surface area (Å²) in [5, 5.41) is 20.3. The zero-order valence-electron chi connectivity index (χ0n) is 9.84. The molecule has 21 heavy (non-hydrogen) atoms. The maximum atomic E-state index is 10.4. The normalized spacial score (nSPS) is 13.3. The van der Waals surface area contributed by atoms with Gasteiger partial charge in [0.25, 0.3) is 5.56 Å². The first-order valence-electron chi connectivity index (χ1n) is 4.67. The number of Topliss-reactive ketones (excluding diaryl/α,β-unsaturated/α-hetero) is 1. The van der Waals surface area contributed by atoms with Gasteiger partial charge in [-0.05, 0) is 0 Å². The topological polar surface area (TPSA) is 230 Å². The molecule has 1 aromatic heterocycles. The van der Waals surface area contributed by atoms with Crippen LogP contribution in [0.2, 0.25) is 0 Å². The molecule has 2 rings (SSSR count). The van der Waals surface area contributed by atoms with E-state index >= 15 is 0 Å². The molecule has 1 aliphatic rings. The maximum absolute atomic E-state index is 10.4. The Morgan fingerprint density at radius 2 is 1.24 bits per heavy atom. The van der Waals surface area contributed by atoms with Gasteiger partial charge in [0.15, 0.2) is 0 Å². The molecule has 0 bridgehead atoms. The van der Waals surface area contributed by atoms with E-state index in [-0.39, 0.29) is 5.48 Å². The van der Waals surface area contributed by atoms with Crippen molar-refractivity contribution in [3.63, 3.8) is 0 Å². The van der Waals surface area contributed by atoms with E-state index in [0.29, 0.717) is 0 Å². The number of aromatic amines is 2. The largest absolute Gasteiger partial charge is 0.499 e. The van der Waals surface area contributed by atoms with Gasteiger partial charge in [0.05, 0.1) is 0 Å². The van der Waals surface area contributed by atoms with Gasteiger partial charge < -0.3 is 15.7 Å². The van der Waals surface area contributed by atoms with E-state index in [1.54, 1.807) is 20.6 Å². The summed E-state index contributed by atoms with van der Waals surface area (Å²) >= 11 is 0. The molecule has 114 valence electrons. The molecule has 0 spiro atoms. The quantitative estimate of drug-likeness (QED) is 0.255. The Balaban J connectivity index is 0.000000364. The molecule has 0 radical (unpaired) electrons. The number of hydrogen-bond donors (Lipinski definition) is 6. The van der Waals surface area contributed by atoms with Crippen molar-refractivity contribution in [2.75, 3.05) is 0 Å². The summed E-state index contributed by atoms with van der Waals surface area (Å²) in [6.45, 7) is 0. The van der Waals surface area contributed by atoms with Crippen molar-refractivity contribution in [1.29, 1.82) is 0 Å². The number of barbiturate groups is 1. The van der Waals surface area contributed by atoms with Gasteiger partial charge in [-0.15, -0.1) is 0 Å². The third kappa shape index (κ3) is 4.28. The lowest BCUT2D eigenvalue weighted by molar-refractivity contribution is -0.146. The van der Waals surface area contributed by atoms with Gasteiger partial charge in [-0.25, -0.2) is 9.59 Å². The van der Waals surface area contributed by atoms with E-state index in [1.807, 2.05) is 0 Å². The molecule has 0 aliphatic carbocycles. The van der Waals surface area contributed by atoms with E-state index in [4.69, 9.17) is 10.2 Å². The Bertz CT molecular complexity index is 693. The number of nitrogens with one attached hydrogen (secondary N) is 4. The predicted octanol–water partition coefficient (Wildman–Crippen LogP) is -4.43. The number of carbonyl (C=O) groups is 4. The average molecular weight is 304 g/mol. The lowest BCUT2D eigenvalue weighted by Gasteiger charge is -2.07. The maximum Gasteiger partial charge on any atom is 0.328 e. The van der Waals surface area contributed by atoms with Crippen LogP contribution >= 0.6 is 0 Å². The number of rotatable bonds is 0. The fraction of sp³-hybridized carbons (Fsp3) is 0. The molecule has 8 N–H and O–H groups in total. The first-order chi connectivity index (χ1) is 9.22. The molecule has 1 aliphatic heterocycles. The van der Waals surface area contributed by atoms with Crippen molar-refractivity contribution in [3.05, 3.63) is 20.8 Å². The Morgan fingerprint density at radius 3 is 1.67 bits per heavy atom. The van der Waals surface area contributed by atoms with Crippen LogP contribution in [-0.4, -0.2) is 49.3 Å². The third-order valence-corrected chi connectivity index (χ3v) is 1.76. The standard InChI is InChI=1S/C4H4N2O4.C4H2N2O4.H2O/c2*7-1-2(8)5-4(10)6-3(1)9;/h7H,(H3,5,6,8,9,10);(H2,5,6,8,9,10);1H2. The molecule has 13 nitrogen and oxygen atoms in total. The average Bonchev–Trinajstić information content (AvgIpc) is 2.33. The Labute approximate surface area is 112 Å². The van der Waals surface area contributed by atoms with Crippen LogP contribution in [0, 0.1) is 0 Å². The summed E-state index contributed by atoms with van der Waals surface area (Å²) < 4.78 is 0. The molecule has 1 fully saturated rings. The summed E-state index contributed by atoms with van der Waals surface area (Å²) in [4.78, 5) is 65.2. The van der Waals surface area contributed by atoms with Crippen LogP contribution in [-0.2, 0) is 14.4 Å². The number of aromatic nitrogens is 2. The van der Waals surface area contributed by atoms with Crippen LogP contribution in [0.15, 0.2) is 9.59 Å². The molecule has 0 aromatic carbocycles. The number of hydrogen-bond acceptors (Lipinski definition) is 8. The van der Waals surface area contributed by atoms with Crippen LogP contribution in [0.3, 0.4) is 0 Å². The molecule has 1 aromatic rings. The highest BCUT2D eigenvalue weighted by atomic mass is 16.3. The number of carbonyl (C=O) groups excluding carboxylic acids is 4. The number of amides is 4. The molecular formula is C8H8N4O9. The molecule has 13 heteroatoms. The van der Waals surface area contributed by atoms with Gasteiger partial charge in [0, 0.05) is 0 Å². The summed E-state index contributed by atoms with van der Waals surface area (Å²) in [6.07, 6.45) is 0. The second-order valence-electron chi connectivity index (χ2n) is 3.17. The molecule has 1 saturated heterocycles. The monoisotopic (exact) mass is 304 g/mol. The number of ketones is 1. The van der Waals surface area contributed by atoms with Crippen LogP contribution in [0.1, 0.15) is 0 Å². The molecule has 2 heterocycles. The second kappa shape index (κ2) is 6.62. The van der Waals surface area contributed by atoms with Gasteiger partial charge >= 0.3 is 29.3 Å². The number of imide groups is 2. The van der Waals surface area contributed by atoms with Crippen LogP contribution in [0.5, 0.6) is 11.6 Å². The van der Waals surface area contributed by atoms with Crippen molar-refractivity contribution in [3.8, 4) is 11.6 Å². The van der Waals surface area contributed by atoms with Crippen molar-refractivity contribution in [1.82, 2.24) is 20.6 Å². The molecule has 4 amide bonds. The minimum Gasteiger partial charge on any atom is -0.499 e. The van der Waals surface area contributed by atoms with Crippen molar-refractivity contribution in [2.24, 2.45) is 0 Å². The van der Waals surface area contributed by atoms with Gasteiger partial charge in [-0.3, -0.25) is 39.8 Å². The number of aromatic hydroxyl groups is 2. The van der Waals surface area contributed by atoms with E-state index in [9.17, 15) is 28.8 Å². The molecule has 0 atom stereocenters. The van der Waals surface area contributed by atoms with E-state index in [0.717, 1.165) is 0 Å². The van der Waals surface area contributed by atoms with Crippen molar-refractivity contribution < 1.29 is 34.9 Å². The van der Waals surface area contributed by atoms with Crippen LogP contribution in [0.4, 0.5) is 4.79 Å². The highest BCUT2D eigenvalue weighted by Gasteiger charge is 2.31. The van der Waals surface area contributed by atoms with Gasteiger partial charge in [-0.1, -0.05) is 0 Å². The predicted molar refractivity (Wildman–Crippen MR) is 61.3 cm³/mol. The minimum atomic E-state index is -1.25. The lowest BCUT2D eigenvalue weighted by atomic mass is 10.3. The van der Waals surface area contributed by atoms with E-state index in [1.165, 1.54) is 0 Å². The second-order valence-corrected chi connectivity index (χ2v) is 3.17. The Hall–Kier alpha value is -3.48. The van der Waals surface area contributed by atoms with Crippen molar-refractivity contribution in [2.45, 2.75) is 0 Å². The summed E-state index contributed by atoms with van der Waals surface area (Å²) in [6, 6.07) is -0.963. The van der Waals surface area contributed by atoms with E-state index in [2.05, 4.69) is 0 Å².